The van der Waals surface area contributed by atoms with Crippen LogP contribution in [0.1, 0.15) is 32.4 Å². The number of carbonyl (C=O) groups is 2. The molecule has 1 N–H and O–H groups in total. The van der Waals surface area contributed by atoms with Crippen LogP contribution in [0.25, 0.3) is 0 Å². The first kappa shape index (κ1) is 19.6. The smallest absolute Gasteiger partial charge is 0.344 e. The number of esters is 1. The average Bonchev–Trinajstić information content (AvgIpc) is 2.57. The normalized spacial score (nSPS) is 17.0. The Morgan fingerprint density at radius 1 is 1.27 bits per heavy atom. The Kier molecular flexibility index (Phi) is 6.14. The van der Waals surface area contributed by atoms with E-state index < -0.39 is 28.6 Å². The van der Waals surface area contributed by atoms with Crippen LogP contribution in [0, 0.1) is 0 Å². The third kappa shape index (κ3) is 4.69. The van der Waals surface area contributed by atoms with E-state index in [0.29, 0.717) is 0 Å². The molecule has 0 aromatic heterocycles. The highest BCUT2D eigenvalue weighted by Crippen LogP contribution is 2.18. The van der Waals surface area contributed by atoms with E-state index in [1.807, 2.05) is 30.3 Å². The van der Waals surface area contributed by atoms with E-state index in [1.54, 1.807) is 13.8 Å². The minimum absolute atomic E-state index is 0.00517. The highest BCUT2D eigenvalue weighted by Gasteiger charge is 2.30. The lowest BCUT2D eigenvalue weighted by molar-refractivity contribution is -0.138. The lowest BCUT2D eigenvalue weighted by Crippen LogP contribution is -2.40. The van der Waals surface area contributed by atoms with Crippen LogP contribution in [0.15, 0.2) is 46.5 Å². The van der Waals surface area contributed by atoms with Crippen molar-refractivity contribution in [3.05, 3.63) is 47.7 Å². The molecule has 0 radical (unpaired) electrons. The van der Waals surface area contributed by atoms with Gasteiger partial charge in [0.2, 0.25) is 5.91 Å². The molecule has 0 saturated carbocycles. The van der Waals surface area contributed by atoms with E-state index >= 15 is 0 Å². The summed E-state index contributed by atoms with van der Waals surface area (Å²) in [6.07, 6.45) is 1.09. The summed E-state index contributed by atoms with van der Waals surface area (Å²) < 4.78 is 33.5. The molecule has 1 aliphatic rings. The standard InChI is InChI=1S/C17H21N3O5S/c1-4-25-17(22)15-10-20(26(23,24)19-13(15)3)11-16(21)18-12(2)14-8-6-5-7-9-14/h5-10,12H,4,11H2,1-3H3,(H,18,21). The molecule has 1 amide bonds. The summed E-state index contributed by atoms with van der Waals surface area (Å²) in [5, 5.41) is 2.72. The predicted molar refractivity (Wildman–Crippen MR) is 96.5 cm³/mol. The zero-order valence-electron chi connectivity index (χ0n) is 14.8. The summed E-state index contributed by atoms with van der Waals surface area (Å²) in [7, 11) is -4.07. The number of carbonyl (C=O) groups excluding carboxylic acids is 2. The number of nitrogens with one attached hydrogen (secondary N) is 1. The lowest BCUT2D eigenvalue weighted by atomic mass is 10.1. The van der Waals surface area contributed by atoms with Gasteiger partial charge in [0.1, 0.15) is 6.54 Å². The molecule has 0 aliphatic carbocycles. The van der Waals surface area contributed by atoms with Gasteiger partial charge in [-0.2, -0.15) is 8.42 Å². The molecule has 2 rings (SSSR count). The average molecular weight is 379 g/mol. The van der Waals surface area contributed by atoms with Crippen molar-refractivity contribution < 1.29 is 22.7 Å². The molecule has 1 aromatic carbocycles. The Morgan fingerprint density at radius 3 is 2.54 bits per heavy atom. The highest BCUT2D eigenvalue weighted by atomic mass is 32.2. The lowest BCUT2D eigenvalue weighted by Gasteiger charge is -2.23. The number of hydrogen-bond donors (Lipinski definition) is 1. The molecule has 0 saturated heterocycles. The molecule has 140 valence electrons. The molecule has 26 heavy (non-hydrogen) atoms. The number of rotatable bonds is 6. The van der Waals surface area contributed by atoms with Gasteiger partial charge in [0, 0.05) is 6.20 Å². The summed E-state index contributed by atoms with van der Waals surface area (Å²) in [6, 6.07) is 8.97. The van der Waals surface area contributed by atoms with Crippen molar-refractivity contribution in [2.24, 2.45) is 4.40 Å². The molecular weight excluding hydrogens is 358 g/mol. The third-order valence-electron chi connectivity index (χ3n) is 3.68. The molecule has 1 heterocycles. The largest absolute Gasteiger partial charge is 0.462 e. The second kappa shape index (κ2) is 8.13. The summed E-state index contributed by atoms with van der Waals surface area (Å²) in [6.45, 7) is 4.49. The van der Waals surface area contributed by atoms with Crippen molar-refractivity contribution in [1.29, 1.82) is 0 Å². The second-order valence-corrected chi connectivity index (χ2v) is 7.21. The van der Waals surface area contributed by atoms with E-state index in [4.69, 9.17) is 4.74 Å². The van der Waals surface area contributed by atoms with Gasteiger partial charge in [-0.1, -0.05) is 30.3 Å². The van der Waals surface area contributed by atoms with E-state index in [9.17, 15) is 18.0 Å². The van der Waals surface area contributed by atoms with E-state index in [0.717, 1.165) is 16.1 Å². The van der Waals surface area contributed by atoms with Gasteiger partial charge in [0.05, 0.1) is 23.9 Å². The number of nitrogens with zero attached hydrogens (tertiary/aromatic N) is 2. The SMILES string of the molecule is CCOC(=O)C1=CN(CC(=O)NC(C)c2ccccc2)S(=O)(=O)N=C1C. The highest BCUT2D eigenvalue weighted by molar-refractivity contribution is 7.88. The van der Waals surface area contributed by atoms with Gasteiger partial charge in [-0.25, -0.2) is 9.10 Å². The Balaban J connectivity index is 2.13. The van der Waals surface area contributed by atoms with Crippen LogP contribution < -0.4 is 5.32 Å². The van der Waals surface area contributed by atoms with E-state index in [2.05, 4.69) is 9.71 Å². The number of benzene rings is 1. The molecule has 8 nitrogen and oxygen atoms in total. The van der Waals surface area contributed by atoms with Gasteiger partial charge in [0.25, 0.3) is 0 Å². The first-order valence-electron chi connectivity index (χ1n) is 8.06. The molecule has 0 bridgehead atoms. The number of amides is 1. The van der Waals surface area contributed by atoms with Gasteiger partial charge in [-0.3, -0.25) is 4.79 Å². The Labute approximate surface area is 152 Å². The first-order chi connectivity index (χ1) is 12.2. The molecule has 0 fully saturated rings. The zero-order valence-corrected chi connectivity index (χ0v) is 15.6. The Hall–Kier alpha value is -2.68. The molecule has 9 heteroatoms. The third-order valence-corrected chi connectivity index (χ3v) is 5.02. The van der Waals surface area contributed by atoms with Crippen molar-refractivity contribution in [3.8, 4) is 0 Å². The number of hydrogen-bond acceptors (Lipinski definition) is 5. The fourth-order valence-electron chi connectivity index (χ4n) is 2.37. The summed E-state index contributed by atoms with van der Waals surface area (Å²) in [4.78, 5) is 24.2. The van der Waals surface area contributed by atoms with Gasteiger partial charge < -0.3 is 10.1 Å². The second-order valence-electron chi connectivity index (χ2n) is 5.66. The van der Waals surface area contributed by atoms with Crippen molar-refractivity contribution >= 4 is 27.8 Å². The maximum atomic E-state index is 12.3. The van der Waals surface area contributed by atoms with Crippen LogP contribution in [0.3, 0.4) is 0 Å². The zero-order chi connectivity index (χ0) is 19.3. The monoisotopic (exact) mass is 379 g/mol. The van der Waals surface area contributed by atoms with Crippen LogP contribution in [0.4, 0.5) is 0 Å². The maximum Gasteiger partial charge on any atom is 0.344 e. The quantitative estimate of drug-likeness (QED) is 0.751. The van der Waals surface area contributed by atoms with Gasteiger partial charge >= 0.3 is 16.2 Å². The van der Waals surface area contributed by atoms with Crippen LogP contribution in [-0.2, 0) is 24.5 Å². The first-order valence-corrected chi connectivity index (χ1v) is 9.46. The summed E-state index contributed by atoms with van der Waals surface area (Å²) >= 11 is 0. The molecule has 1 aliphatic heterocycles. The van der Waals surface area contributed by atoms with Crippen molar-refractivity contribution in [3.63, 3.8) is 0 Å². The molecule has 1 aromatic rings. The minimum atomic E-state index is -4.07. The molecule has 1 unspecified atom stereocenters. The van der Waals surface area contributed by atoms with Gasteiger partial charge in [-0.15, -0.1) is 4.40 Å². The van der Waals surface area contributed by atoms with E-state index in [-0.39, 0.29) is 23.9 Å². The van der Waals surface area contributed by atoms with Crippen molar-refractivity contribution in [2.75, 3.05) is 13.2 Å². The fraction of sp³-hybridized carbons (Fsp3) is 0.353. The van der Waals surface area contributed by atoms with Crippen molar-refractivity contribution in [1.82, 2.24) is 9.62 Å². The maximum absolute atomic E-state index is 12.3. The summed E-state index contributed by atoms with van der Waals surface area (Å²) in [5.41, 5.74) is 0.919. The fourth-order valence-corrected chi connectivity index (χ4v) is 3.44. The van der Waals surface area contributed by atoms with Crippen LogP contribution in [0.2, 0.25) is 0 Å². The molecule has 0 spiro atoms. The van der Waals surface area contributed by atoms with E-state index in [1.165, 1.54) is 6.92 Å². The molecular formula is C17H21N3O5S. The van der Waals surface area contributed by atoms with Crippen LogP contribution in [0.5, 0.6) is 0 Å². The van der Waals surface area contributed by atoms with Crippen LogP contribution in [-0.4, -0.2) is 43.5 Å². The molecule has 1 atom stereocenters. The Bertz CT molecular complexity index is 846. The van der Waals surface area contributed by atoms with Gasteiger partial charge in [-0.05, 0) is 26.3 Å². The van der Waals surface area contributed by atoms with Crippen LogP contribution >= 0.6 is 0 Å². The van der Waals surface area contributed by atoms with Crippen molar-refractivity contribution in [2.45, 2.75) is 26.8 Å². The predicted octanol–water partition coefficient (Wildman–Crippen LogP) is 1.33. The number of ether oxygens (including phenoxy) is 1. The van der Waals surface area contributed by atoms with Gasteiger partial charge in [0.15, 0.2) is 0 Å². The summed E-state index contributed by atoms with van der Waals surface area (Å²) in [5.74, 6) is -1.20. The minimum Gasteiger partial charge on any atom is -0.462 e. The Morgan fingerprint density at radius 2 is 1.92 bits per heavy atom. The topological polar surface area (TPSA) is 105 Å².